The zero-order chi connectivity index (χ0) is 17.9. The van der Waals surface area contributed by atoms with Gasteiger partial charge in [-0.3, -0.25) is 14.4 Å². The number of hydrogen-bond donors (Lipinski definition) is 1. The molecule has 1 atom stereocenters. The van der Waals surface area contributed by atoms with Gasteiger partial charge >= 0.3 is 0 Å². The Labute approximate surface area is 143 Å². The first-order chi connectivity index (χ1) is 11.2. The van der Waals surface area contributed by atoms with Gasteiger partial charge in [0.1, 0.15) is 5.41 Å². The maximum atomic E-state index is 12.8. The lowest BCUT2D eigenvalue weighted by Crippen LogP contribution is -2.50. The van der Waals surface area contributed by atoms with Gasteiger partial charge < -0.3 is 10.2 Å². The number of likely N-dealkylation sites (tertiary alicyclic amines) is 1. The molecule has 1 saturated heterocycles. The van der Waals surface area contributed by atoms with E-state index < -0.39 is 5.41 Å². The van der Waals surface area contributed by atoms with Crippen molar-refractivity contribution >= 4 is 23.3 Å². The molecule has 0 radical (unpaired) electrons. The van der Waals surface area contributed by atoms with Crippen molar-refractivity contribution < 1.29 is 14.4 Å². The van der Waals surface area contributed by atoms with Gasteiger partial charge in [-0.15, -0.1) is 0 Å². The molecule has 2 amide bonds. The molecule has 1 aromatic carbocycles. The topological polar surface area (TPSA) is 66.5 Å². The number of anilines is 1. The highest BCUT2D eigenvalue weighted by Gasteiger charge is 2.40. The van der Waals surface area contributed by atoms with Crippen LogP contribution in [0.25, 0.3) is 0 Å². The molecule has 0 aliphatic carbocycles. The fourth-order valence-corrected chi connectivity index (χ4v) is 2.94. The predicted molar refractivity (Wildman–Crippen MR) is 93.8 cm³/mol. The Morgan fingerprint density at radius 2 is 1.79 bits per heavy atom. The molecule has 130 valence electrons. The van der Waals surface area contributed by atoms with Gasteiger partial charge in [0.15, 0.2) is 5.78 Å². The van der Waals surface area contributed by atoms with Crippen LogP contribution in [0, 0.1) is 11.3 Å². The number of Topliss-reactive ketones (excluding diaryl/α,β-unsaturated/α-hetero) is 1. The quantitative estimate of drug-likeness (QED) is 0.681. The predicted octanol–water partition coefficient (Wildman–Crippen LogP) is 3.11. The second-order valence-electron chi connectivity index (χ2n) is 7.21. The van der Waals surface area contributed by atoms with Gasteiger partial charge in [-0.1, -0.05) is 6.92 Å². The summed E-state index contributed by atoms with van der Waals surface area (Å²) in [4.78, 5) is 38.4. The molecule has 1 aromatic rings. The molecule has 0 saturated carbocycles. The van der Waals surface area contributed by atoms with E-state index in [4.69, 9.17) is 0 Å². The van der Waals surface area contributed by atoms with Crippen molar-refractivity contribution in [2.45, 2.75) is 40.5 Å². The van der Waals surface area contributed by atoms with Gasteiger partial charge in [0.05, 0.1) is 0 Å². The van der Waals surface area contributed by atoms with E-state index in [0.717, 1.165) is 12.8 Å². The standard InChI is InChI=1S/C19H26N2O3/c1-13-6-5-11-21(12-13)18(24)19(3,4)17(23)20-16-9-7-15(8-10-16)14(2)22/h7-10,13H,5-6,11-12H2,1-4H3,(H,20,23). The van der Waals surface area contributed by atoms with E-state index in [-0.39, 0.29) is 17.6 Å². The molecule has 0 bridgehead atoms. The summed E-state index contributed by atoms with van der Waals surface area (Å²) in [7, 11) is 0. The summed E-state index contributed by atoms with van der Waals surface area (Å²) in [5, 5.41) is 2.78. The Morgan fingerprint density at radius 1 is 1.17 bits per heavy atom. The number of piperidine rings is 1. The van der Waals surface area contributed by atoms with E-state index in [1.807, 2.05) is 0 Å². The van der Waals surface area contributed by atoms with Crippen LogP contribution in [0.5, 0.6) is 0 Å². The average Bonchev–Trinajstić information content (AvgIpc) is 2.54. The molecule has 1 N–H and O–H groups in total. The summed E-state index contributed by atoms with van der Waals surface area (Å²) in [6.07, 6.45) is 2.11. The van der Waals surface area contributed by atoms with Crippen LogP contribution in [-0.4, -0.2) is 35.6 Å². The van der Waals surface area contributed by atoms with E-state index in [1.165, 1.54) is 6.92 Å². The number of hydrogen-bond acceptors (Lipinski definition) is 3. The van der Waals surface area contributed by atoms with Crippen molar-refractivity contribution in [1.29, 1.82) is 0 Å². The number of nitrogens with zero attached hydrogens (tertiary/aromatic N) is 1. The smallest absolute Gasteiger partial charge is 0.239 e. The minimum absolute atomic E-state index is 0.0254. The molecular weight excluding hydrogens is 304 g/mol. The summed E-state index contributed by atoms with van der Waals surface area (Å²) in [6, 6.07) is 6.69. The van der Waals surface area contributed by atoms with Crippen molar-refractivity contribution in [2.75, 3.05) is 18.4 Å². The lowest BCUT2D eigenvalue weighted by Gasteiger charge is -2.36. The number of rotatable bonds is 4. The highest BCUT2D eigenvalue weighted by atomic mass is 16.2. The molecule has 5 heteroatoms. The van der Waals surface area contributed by atoms with Crippen LogP contribution in [0.2, 0.25) is 0 Å². The third kappa shape index (κ3) is 4.02. The molecular formula is C19H26N2O3. The Bertz CT molecular complexity index is 635. The first kappa shape index (κ1) is 18.2. The number of carbonyl (C=O) groups is 3. The van der Waals surface area contributed by atoms with Crippen molar-refractivity contribution in [1.82, 2.24) is 4.90 Å². The molecule has 1 heterocycles. The lowest BCUT2D eigenvalue weighted by molar-refractivity contribution is -0.147. The lowest BCUT2D eigenvalue weighted by atomic mass is 9.88. The van der Waals surface area contributed by atoms with Gasteiger partial charge in [0.25, 0.3) is 0 Å². The molecule has 2 rings (SSSR count). The monoisotopic (exact) mass is 330 g/mol. The number of ketones is 1. The average molecular weight is 330 g/mol. The summed E-state index contributed by atoms with van der Waals surface area (Å²) in [5.74, 6) is -0.0171. The van der Waals surface area contributed by atoms with Gasteiger partial charge in [0.2, 0.25) is 11.8 Å². The second kappa shape index (κ2) is 7.16. The molecule has 1 aliphatic rings. The van der Waals surface area contributed by atoms with E-state index in [1.54, 1.807) is 43.0 Å². The molecule has 0 aromatic heterocycles. The SMILES string of the molecule is CC(=O)c1ccc(NC(=O)C(C)(C)C(=O)N2CCCC(C)C2)cc1. The van der Waals surface area contributed by atoms with Crippen molar-refractivity contribution in [3.63, 3.8) is 0 Å². The third-order valence-corrected chi connectivity index (χ3v) is 4.60. The fourth-order valence-electron chi connectivity index (χ4n) is 2.94. The van der Waals surface area contributed by atoms with Crippen LogP contribution >= 0.6 is 0 Å². The summed E-state index contributed by atoms with van der Waals surface area (Å²) >= 11 is 0. The first-order valence-corrected chi connectivity index (χ1v) is 8.43. The molecule has 0 spiro atoms. The maximum absolute atomic E-state index is 12.8. The van der Waals surface area contributed by atoms with E-state index in [2.05, 4.69) is 12.2 Å². The highest BCUT2D eigenvalue weighted by molar-refractivity contribution is 6.10. The van der Waals surface area contributed by atoms with Crippen LogP contribution in [0.1, 0.15) is 50.9 Å². The Morgan fingerprint density at radius 3 is 2.33 bits per heavy atom. The molecule has 24 heavy (non-hydrogen) atoms. The molecule has 1 unspecified atom stereocenters. The number of benzene rings is 1. The first-order valence-electron chi connectivity index (χ1n) is 8.43. The van der Waals surface area contributed by atoms with Crippen LogP contribution in [0.15, 0.2) is 24.3 Å². The Balaban J connectivity index is 2.06. The minimum Gasteiger partial charge on any atom is -0.342 e. The number of carbonyl (C=O) groups excluding carboxylic acids is 3. The van der Waals surface area contributed by atoms with E-state index in [0.29, 0.717) is 30.3 Å². The van der Waals surface area contributed by atoms with Gasteiger partial charge in [-0.25, -0.2) is 0 Å². The normalized spacial score (nSPS) is 18.2. The van der Waals surface area contributed by atoms with Gasteiger partial charge in [-0.05, 0) is 63.8 Å². The number of amides is 2. The summed E-state index contributed by atoms with van der Waals surface area (Å²) in [5.41, 5.74) is 0.0413. The van der Waals surface area contributed by atoms with E-state index in [9.17, 15) is 14.4 Å². The summed E-state index contributed by atoms with van der Waals surface area (Å²) in [6.45, 7) is 8.37. The van der Waals surface area contributed by atoms with Crippen LogP contribution in [0.3, 0.4) is 0 Å². The minimum atomic E-state index is -1.13. The fraction of sp³-hybridized carbons (Fsp3) is 0.526. The second-order valence-corrected chi connectivity index (χ2v) is 7.21. The Kier molecular flexibility index (Phi) is 5.42. The molecule has 1 fully saturated rings. The van der Waals surface area contributed by atoms with Crippen LogP contribution in [-0.2, 0) is 9.59 Å². The van der Waals surface area contributed by atoms with Gasteiger partial charge in [-0.2, -0.15) is 0 Å². The zero-order valence-corrected chi connectivity index (χ0v) is 14.9. The number of nitrogens with one attached hydrogen (secondary N) is 1. The molecule has 5 nitrogen and oxygen atoms in total. The Hall–Kier alpha value is -2.17. The largest absolute Gasteiger partial charge is 0.342 e. The highest BCUT2D eigenvalue weighted by Crippen LogP contribution is 2.25. The maximum Gasteiger partial charge on any atom is 0.239 e. The summed E-state index contributed by atoms with van der Waals surface area (Å²) < 4.78 is 0. The van der Waals surface area contributed by atoms with Gasteiger partial charge in [0, 0.05) is 24.3 Å². The van der Waals surface area contributed by atoms with E-state index >= 15 is 0 Å². The zero-order valence-electron chi connectivity index (χ0n) is 14.9. The van der Waals surface area contributed by atoms with Crippen LogP contribution in [0.4, 0.5) is 5.69 Å². The van der Waals surface area contributed by atoms with Crippen molar-refractivity contribution in [2.24, 2.45) is 11.3 Å². The third-order valence-electron chi connectivity index (χ3n) is 4.60. The van der Waals surface area contributed by atoms with Crippen LogP contribution < -0.4 is 5.32 Å². The van der Waals surface area contributed by atoms with Crippen molar-refractivity contribution in [3.05, 3.63) is 29.8 Å². The molecule has 1 aliphatic heterocycles. The van der Waals surface area contributed by atoms with Crippen molar-refractivity contribution in [3.8, 4) is 0 Å².